The van der Waals surface area contributed by atoms with E-state index in [0.717, 1.165) is 41.2 Å². The molecular formula is C20H28IN3O3. The molecule has 0 fully saturated rings. The van der Waals surface area contributed by atoms with Crippen molar-refractivity contribution in [2.75, 3.05) is 34.4 Å². The van der Waals surface area contributed by atoms with Crippen LogP contribution < -0.4 is 25.3 Å². The number of benzene rings is 2. The van der Waals surface area contributed by atoms with E-state index in [9.17, 15) is 0 Å². The van der Waals surface area contributed by atoms with E-state index in [4.69, 9.17) is 19.9 Å². The average Bonchev–Trinajstić information content (AvgIpc) is 2.68. The standard InChI is InChI=1S/C20H27N3O3.HI/c1-24-17-7-5-4-6-16(17)11-13-23-20(21)22-12-10-15-8-9-18(25-2)19(14-15)26-3;/h4-9,14H,10-13H2,1-3H3,(H3,21,22,23);1H. The second kappa shape index (κ2) is 12.3. The molecule has 0 radical (unpaired) electrons. The van der Waals surface area contributed by atoms with Gasteiger partial charge in [-0.25, -0.2) is 0 Å². The van der Waals surface area contributed by atoms with E-state index < -0.39 is 0 Å². The molecule has 0 aliphatic heterocycles. The lowest BCUT2D eigenvalue weighted by Gasteiger charge is -2.10. The summed E-state index contributed by atoms with van der Waals surface area (Å²) in [5.74, 6) is 2.77. The van der Waals surface area contributed by atoms with Gasteiger partial charge in [0, 0.05) is 13.1 Å². The summed E-state index contributed by atoms with van der Waals surface area (Å²) in [6, 6.07) is 13.8. The van der Waals surface area contributed by atoms with Gasteiger partial charge in [0.1, 0.15) is 5.75 Å². The fraction of sp³-hybridized carbons (Fsp3) is 0.350. The van der Waals surface area contributed by atoms with Crippen LogP contribution in [-0.2, 0) is 12.8 Å². The Morgan fingerprint density at radius 3 is 2.33 bits per heavy atom. The Bertz CT molecular complexity index is 738. The monoisotopic (exact) mass is 485 g/mol. The number of ether oxygens (including phenoxy) is 3. The number of hydrogen-bond donors (Lipinski definition) is 2. The van der Waals surface area contributed by atoms with Crippen LogP contribution in [0.4, 0.5) is 0 Å². The molecule has 6 nitrogen and oxygen atoms in total. The Morgan fingerprint density at radius 1 is 0.926 bits per heavy atom. The zero-order chi connectivity index (χ0) is 18.8. The third-order valence-electron chi connectivity index (χ3n) is 4.02. The molecule has 0 atom stereocenters. The smallest absolute Gasteiger partial charge is 0.188 e. The van der Waals surface area contributed by atoms with Gasteiger partial charge in [-0.3, -0.25) is 4.99 Å². The van der Waals surface area contributed by atoms with E-state index >= 15 is 0 Å². The molecule has 3 N–H and O–H groups in total. The van der Waals surface area contributed by atoms with Crippen LogP contribution >= 0.6 is 24.0 Å². The van der Waals surface area contributed by atoms with Crippen LogP contribution in [-0.4, -0.2) is 40.4 Å². The number of nitrogens with one attached hydrogen (secondary N) is 1. The minimum atomic E-state index is 0. The average molecular weight is 485 g/mol. The SMILES string of the molecule is COc1ccccc1CCN=C(N)NCCc1ccc(OC)c(OC)c1.I. The summed E-state index contributed by atoms with van der Waals surface area (Å²) in [6.45, 7) is 1.30. The van der Waals surface area contributed by atoms with E-state index in [-0.39, 0.29) is 24.0 Å². The number of nitrogens with two attached hydrogens (primary N) is 1. The molecule has 2 rings (SSSR count). The van der Waals surface area contributed by atoms with Gasteiger partial charge >= 0.3 is 0 Å². The van der Waals surface area contributed by atoms with Crippen molar-refractivity contribution in [1.82, 2.24) is 5.32 Å². The largest absolute Gasteiger partial charge is 0.496 e. The molecule has 27 heavy (non-hydrogen) atoms. The lowest BCUT2D eigenvalue weighted by molar-refractivity contribution is 0.354. The molecule has 0 aliphatic rings. The zero-order valence-electron chi connectivity index (χ0n) is 16.0. The molecule has 2 aromatic rings. The summed E-state index contributed by atoms with van der Waals surface area (Å²) < 4.78 is 15.9. The summed E-state index contributed by atoms with van der Waals surface area (Å²) >= 11 is 0. The van der Waals surface area contributed by atoms with Crippen molar-refractivity contribution in [1.29, 1.82) is 0 Å². The minimum absolute atomic E-state index is 0. The molecule has 0 heterocycles. The van der Waals surface area contributed by atoms with Crippen LogP contribution in [0.3, 0.4) is 0 Å². The summed E-state index contributed by atoms with van der Waals surface area (Å²) in [6.07, 6.45) is 1.59. The molecule has 7 heteroatoms. The van der Waals surface area contributed by atoms with Gasteiger partial charge in [-0.2, -0.15) is 0 Å². The van der Waals surface area contributed by atoms with Gasteiger partial charge in [-0.05, 0) is 42.2 Å². The summed E-state index contributed by atoms with van der Waals surface area (Å²) in [5, 5.41) is 3.14. The van der Waals surface area contributed by atoms with E-state index in [0.29, 0.717) is 19.0 Å². The van der Waals surface area contributed by atoms with Crippen molar-refractivity contribution in [2.24, 2.45) is 10.7 Å². The zero-order valence-corrected chi connectivity index (χ0v) is 18.4. The number of hydrogen-bond acceptors (Lipinski definition) is 4. The number of para-hydroxylation sites is 1. The van der Waals surface area contributed by atoms with Crippen molar-refractivity contribution in [3.8, 4) is 17.2 Å². The number of aliphatic imine (C=N–C) groups is 1. The predicted octanol–water partition coefficient (Wildman–Crippen LogP) is 3.02. The highest BCUT2D eigenvalue weighted by Crippen LogP contribution is 2.27. The molecule has 0 saturated carbocycles. The second-order valence-electron chi connectivity index (χ2n) is 5.69. The first-order valence-electron chi connectivity index (χ1n) is 8.54. The molecule has 0 aliphatic carbocycles. The molecule has 148 valence electrons. The fourth-order valence-electron chi connectivity index (χ4n) is 2.63. The first-order chi connectivity index (χ1) is 12.7. The number of halogens is 1. The minimum Gasteiger partial charge on any atom is -0.496 e. The highest BCUT2D eigenvalue weighted by Gasteiger charge is 2.05. The number of guanidine groups is 1. The van der Waals surface area contributed by atoms with E-state index in [2.05, 4.69) is 10.3 Å². The van der Waals surface area contributed by atoms with Gasteiger partial charge in [0.2, 0.25) is 0 Å². The van der Waals surface area contributed by atoms with Gasteiger partial charge in [0.25, 0.3) is 0 Å². The van der Waals surface area contributed by atoms with Gasteiger partial charge in [0.05, 0.1) is 21.3 Å². The van der Waals surface area contributed by atoms with Gasteiger partial charge < -0.3 is 25.3 Å². The van der Waals surface area contributed by atoms with Crippen molar-refractivity contribution in [3.05, 3.63) is 53.6 Å². The molecule has 0 aromatic heterocycles. The van der Waals surface area contributed by atoms with E-state index in [1.807, 2.05) is 42.5 Å². The normalized spacial score (nSPS) is 10.7. The van der Waals surface area contributed by atoms with Gasteiger partial charge in [-0.15, -0.1) is 24.0 Å². The van der Waals surface area contributed by atoms with Crippen LogP contribution in [0.15, 0.2) is 47.5 Å². The first-order valence-corrected chi connectivity index (χ1v) is 8.54. The maximum Gasteiger partial charge on any atom is 0.188 e. The molecule has 0 amide bonds. The van der Waals surface area contributed by atoms with Gasteiger partial charge in [0.15, 0.2) is 17.5 Å². The second-order valence-corrected chi connectivity index (χ2v) is 5.69. The Kier molecular flexibility index (Phi) is 10.4. The molecular weight excluding hydrogens is 457 g/mol. The molecule has 0 bridgehead atoms. The van der Waals surface area contributed by atoms with Gasteiger partial charge in [-0.1, -0.05) is 24.3 Å². The summed E-state index contributed by atoms with van der Waals surface area (Å²) in [5.41, 5.74) is 8.20. The van der Waals surface area contributed by atoms with Crippen LogP contribution in [0.1, 0.15) is 11.1 Å². The first kappa shape index (κ1) is 22.9. The Balaban J connectivity index is 0.00000364. The highest BCUT2D eigenvalue weighted by molar-refractivity contribution is 14.0. The van der Waals surface area contributed by atoms with Crippen molar-refractivity contribution in [2.45, 2.75) is 12.8 Å². The lowest BCUT2D eigenvalue weighted by atomic mass is 10.1. The number of methoxy groups -OCH3 is 3. The molecule has 0 saturated heterocycles. The third kappa shape index (κ3) is 7.16. The maximum absolute atomic E-state index is 5.94. The van der Waals surface area contributed by atoms with E-state index in [1.54, 1.807) is 21.3 Å². The Morgan fingerprint density at radius 2 is 1.63 bits per heavy atom. The number of rotatable bonds is 9. The summed E-state index contributed by atoms with van der Waals surface area (Å²) in [7, 11) is 4.93. The fourth-order valence-corrected chi connectivity index (χ4v) is 2.63. The highest BCUT2D eigenvalue weighted by atomic mass is 127. The summed E-state index contributed by atoms with van der Waals surface area (Å²) in [4.78, 5) is 4.37. The molecule has 2 aromatic carbocycles. The van der Waals surface area contributed by atoms with Crippen LogP contribution in [0.2, 0.25) is 0 Å². The molecule has 0 spiro atoms. The van der Waals surface area contributed by atoms with Crippen molar-refractivity contribution >= 4 is 29.9 Å². The van der Waals surface area contributed by atoms with Crippen molar-refractivity contribution in [3.63, 3.8) is 0 Å². The lowest BCUT2D eigenvalue weighted by Crippen LogP contribution is -2.33. The Hall–Kier alpha value is -2.16. The topological polar surface area (TPSA) is 78.1 Å². The number of nitrogens with zero attached hydrogens (tertiary/aromatic N) is 1. The van der Waals surface area contributed by atoms with Crippen LogP contribution in [0, 0.1) is 0 Å². The molecule has 0 unspecified atom stereocenters. The van der Waals surface area contributed by atoms with E-state index in [1.165, 1.54) is 0 Å². The maximum atomic E-state index is 5.94. The predicted molar refractivity (Wildman–Crippen MR) is 120 cm³/mol. The Labute approximate surface area is 178 Å². The quantitative estimate of drug-likeness (QED) is 0.325. The van der Waals surface area contributed by atoms with Crippen LogP contribution in [0.25, 0.3) is 0 Å². The van der Waals surface area contributed by atoms with Crippen molar-refractivity contribution < 1.29 is 14.2 Å². The third-order valence-corrected chi connectivity index (χ3v) is 4.02. The van der Waals surface area contributed by atoms with Crippen LogP contribution in [0.5, 0.6) is 17.2 Å².